The number of likely N-dealkylation sites (tertiary alicyclic amines) is 1. The lowest BCUT2D eigenvalue weighted by Gasteiger charge is -2.20. The Morgan fingerprint density at radius 1 is 1.12 bits per heavy atom. The van der Waals surface area contributed by atoms with Crippen LogP contribution in [0.25, 0.3) is 0 Å². The Balaban J connectivity index is 0.000000373. The van der Waals surface area contributed by atoms with Crippen LogP contribution in [0.2, 0.25) is 0 Å². The molecule has 0 saturated carbocycles. The standard InChI is InChI=1S/C7H12N4O.C6H13N.ClHO4/c1-3-11(4-2)6-8-5-9-7(12)10-6;1-7-5-3-2-4-6-7;2-1(3,4)5/h5H,3-4H2,1-2H3,(H,8,9,10,12);2-6H2,1H3;(H,2,3,4,5). The summed E-state index contributed by atoms with van der Waals surface area (Å²) in [7, 11) is -2.50. The maximum atomic E-state index is 8.96. The second kappa shape index (κ2) is 12.1. The minimum atomic E-state index is -4.69. The molecule has 0 atom stereocenters. The molecule has 1 aliphatic rings. The summed E-state index contributed by atoms with van der Waals surface area (Å²) in [5, 5.41) is 8.96. The fourth-order valence-electron chi connectivity index (χ4n) is 1.99. The zero-order valence-electron chi connectivity index (χ0n) is 14.3. The Bertz CT molecular complexity index is 433. The number of piperidine rings is 1. The number of hydrogen-bond acceptors (Lipinski definition) is 10. The Morgan fingerprint density at radius 3 is 1.96 bits per heavy atom. The van der Waals surface area contributed by atoms with Gasteiger partial charge in [0.1, 0.15) is 6.33 Å². The first-order valence-electron chi connectivity index (χ1n) is 7.62. The summed E-state index contributed by atoms with van der Waals surface area (Å²) >= 11 is 0. The zero-order chi connectivity index (χ0) is 18.6. The highest BCUT2D eigenvalue weighted by molar-refractivity contribution is 5.28. The summed E-state index contributed by atoms with van der Waals surface area (Å²) in [6.45, 7) is 8.29. The number of hydrogen-bond donors (Lipinski definition) is 2. The van der Waals surface area contributed by atoms with Gasteiger partial charge in [0.05, 0.1) is 14.9 Å². The van der Waals surface area contributed by atoms with E-state index in [0.29, 0.717) is 5.95 Å². The molecule has 2 heterocycles. The van der Waals surface area contributed by atoms with E-state index < -0.39 is 10.2 Å². The molecular formula is C13H26ClN5O5. The molecule has 11 heteroatoms. The molecule has 0 aromatic carbocycles. The average Bonchev–Trinajstić information content (AvgIpc) is 2.48. The molecule has 2 rings (SSSR count). The van der Waals surface area contributed by atoms with E-state index in [2.05, 4.69) is 26.9 Å². The molecule has 10 nitrogen and oxygen atoms in total. The lowest BCUT2D eigenvalue weighted by molar-refractivity contribution is -1.92. The van der Waals surface area contributed by atoms with Crippen molar-refractivity contribution in [3.8, 4) is 6.01 Å². The Kier molecular flexibility index (Phi) is 11.5. The van der Waals surface area contributed by atoms with Crippen molar-refractivity contribution in [3.05, 3.63) is 6.33 Å². The molecule has 0 unspecified atom stereocenters. The van der Waals surface area contributed by atoms with Crippen molar-refractivity contribution in [3.63, 3.8) is 0 Å². The number of anilines is 1. The number of rotatable bonds is 3. The van der Waals surface area contributed by atoms with Crippen LogP contribution in [0, 0.1) is 10.2 Å². The van der Waals surface area contributed by atoms with E-state index >= 15 is 0 Å². The number of nitrogens with zero attached hydrogens (tertiary/aromatic N) is 5. The third-order valence-electron chi connectivity index (χ3n) is 3.17. The van der Waals surface area contributed by atoms with E-state index in [9.17, 15) is 0 Å². The van der Waals surface area contributed by atoms with Gasteiger partial charge in [-0.25, -0.2) is 4.98 Å². The van der Waals surface area contributed by atoms with Crippen LogP contribution in [-0.4, -0.2) is 62.8 Å². The first-order chi connectivity index (χ1) is 11.2. The third kappa shape index (κ3) is 13.2. The summed E-state index contributed by atoms with van der Waals surface area (Å²) in [5.41, 5.74) is 0. The highest BCUT2D eigenvalue weighted by atomic mass is 35.7. The highest BCUT2D eigenvalue weighted by Gasteiger charge is 2.05. The van der Waals surface area contributed by atoms with Crippen molar-refractivity contribution >= 4 is 5.95 Å². The van der Waals surface area contributed by atoms with Crippen LogP contribution >= 0.6 is 0 Å². The van der Waals surface area contributed by atoms with Crippen molar-refractivity contribution in [1.82, 2.24) is 19.9 Å². The fourth-order valence-corrected chi connectivity index (χ4v) is 1.99. The molecule has 0 amide bonds. The highest BCUT2D eigenvalue weighted by Crippen LogP contribution is 2.07. The van der Waals surface area contributed by atoms with Crippen molar-refractivity contribution in [2.45, 2.75) is 33.1 Å². The molecule has 0 aliphatic carbocycles. The maximum Gasteiger partial charge on any atom is 0.318 e. The van der Waals surface area contributed by atoms with Gasteiger partial charge in [0.25, 0.3) is 0 Å². The van der Waals surface area contributed by atoms with Gasteiger partial charge in [-0.15, -0.1) is 0 Å². The van der Waals surface area contributed by atoms with E-state index in [1.165, 1.54) is 38.7 Å². The summed E-state index contributed by atoms with van der Waals surface area (Å²) < 4.78 is 32.7. The Hall–Kier alpha value is -1.30. The molecule has 1 aromatic rings. The van der Waals surface area contributed by atoms with Gasteiger partial charge in [-0.1, -0.05) is 6.42 Å². The molecule has 2 N–H and O–H groups in total. The normalized spacial score (nSPS) is 14.8. The molecule has 1 aliphatic heterocycles. The van der Waals surface area contributed by atoms with Crippen LogP contribution in [0.4, 0.5) is 5.95 Å². The van der Waals surface area contributed by atoms with Gasteiger partial charge in [0.15, 0.2) is 0 Å². The summed E-state index contributed by atoms with van der Waals surface area (Å²) in [6.07, 6.45) is 5.58. The van der Waals surface area contributed by atoms with Gasteiger partial charge in [0.2, 0.25) is 5.95 Å². The van der Waals surface area contributed by atoms with Crippen LogP contribution in [-0.2, 0) is 0 Å². The Morgan fingerprint density at radius 2 is 1.62 bits per heavy atom. The van der Waals surface area contributed by atoms with Crippen LogP contribution in [0.15, 0.2) is 6.33 Å². The second-order valence-electron chi connectivity index (χ2n) is 5.02. The summed E-state index contributed by atoms with van der Waals surface area (Å²) in [6, 6.07) is -0.230. The van der Waals surface area contributed by atoms with Gasteiger partial charge < -0.3 is 14.9 Å². The van der Waals surface area contributed by atoms with Crippen LogP contribution in [0.3, 0.4) is 0 Å². The molecule has 140 valence electrons. The minimum absolute atomic E-state index is 0.230. The van der Waals surface area contributed by atoms with Gasteiger partial charge in [-0.3, -0.25) is 0 Å². The number of aromatic nitrogens is 3. The molecule has 24 heavy (non-hydrogen) atoms. The average molecular weight is 368 g/mol. The van der Waals surface area contributed by atoms with Gasteiger partial charge >= 0.3 is 6.01 Å². The van der Waals surface area contributed by atoms with Crippen molar-refractivity contribution in [1.29, 1.82) is 0 Å². The van der Waals surface area contributed by atoms with Crippen molar-refractivity contribution in [2.24, 2.45) is 0 Å². The lowest BCUT2D eigenvalue weighted by atomic mass is 10.1. The predicted molar refractivity (Wildman–Crippen MR) is 78.6 cm³/mol. The van der Waals surface area contributed by atoms with E-state index in [0.717, 1.165) is 13.1 Å². The zero-order valence-corrected chi connectivity index (χ0v) is 15.0. The molecule has 1 saturated heterocycles. The van der Waals surface area contributed by atoms with E-state index in [1.807, 2.05) is 18.7 Å². The SMILES string of the molecule is CCN(CC)c1ncnc(O)n1.CN1CCCCC1.[O-][Cl+3]([O-])([O-])O. The quantitative estimate of drug-likeness (QED) is 0.580. The number of aromatic hydroxyl groups is 1. The molecular weight excluding hydrogens is 342 g/mol. The third-order valence-corrected chi connectivity index (χ3v) is 3.17. The maximum absolute atomic E-state index is 8.96. The Labute approximate surface area is 144 Å². The topological polar surface area (TPSA) is 155 Å². The fraction of sp³-hybridized carbons (Fsp3) is 0.769. The van der Waals surface area contributed by atoms with Crippen molar-refractivity contribution in [2.75, 3.05) is 38.1 Å². The molecule has 0 bridgehead atoms. The second-order valence-corrected chi connectivity index (χ2v) is 5.81. The molecule has 1 aromatic heterocycles. The van der Waals surface area contributed by atoms with Crippen molar-refractivity contribution < 1.29 is 34.0 Å². The minimum Gasteiger partial charge on any atom is -0.479 e. The molecule has 1 fully saturated rings. The van der Waals surface area contributed by atoms with E-state index in [4.69, 9.17) is 23.7 Å². The van der Waals surface area contributed by atoms with E-state index in [-0.39, 0.29) is 6.01 Å². The van der Waals surface area contributed by atoms with Crippen LogP contribution in [0.1, 0.15) is 33.1 Å². The van der Waals surface area contributed by atoms with Gasteiger partial charge in [-0.2, -0.15) is 23.9 Å². The van der Waals surface area contributed by atoms with E-state index in [1.54, 1.807) is 0 Å². The van der Waals surface area contributed by atoms with Crippen LogP contribution in [0.5, 0.6) is 6.01 Å². The monoisotopic (exact) mass is 367 g/mol. The van der Waals surface area contributed by atoms with Gasteiger partial charge in [-0.05, 0) is 46.8 Å². The molecule has 0 radical (unpaired) electrons. The summed E-state index contributed by atoms with van der Waals surface area (Å²) in [4.78, 5) is 15.5. The first kappa shape index (κ1) is 22.7. The molecule has 0 spiro atoms. The largest absolute Gasteiger partial charge is 0.479 e. The first-order valence-corrected chi connectivity index (χ1v) is 8.88. The summed E-state index contributed by atoms with van der Waals surface area (Å²) in [5.74, 6) is 0.521. The van der Waals surface area contributed by atoms with Crippen LogP contribution < -0.4 is 18.9 Å². The van der Waals surface area contributed by atoms with Gasteiger partial charge in [0, 0.05) is 13.1 Å². The smallest absolute Gasteiger partial charge is 0.318 e. The number of halogens is 1. The lowest BCUT2D eigenvalue weighted by Crippen LogP contribution is -2.58. The predicted octanol–water partition coefficient (Wildman–Crippen LogP) is -2.60.